The van der Waals surface area contributed by atoms with Gasteiger partial charge in [0.1, 0.15) is 0 Å². The lowest BCUT2D eigenvalue weighted by atomic mass is 10.0. The summed E-state index contributed by atoms with van der Waals surface area (Å²) in [4.78, 5) is 0. The van der Waals surface area contributed by atoms with Crippen LogP contribution in [0.15, 0.2) is 18.2 Å². The van der Waals surface area contributed by atoms with E-state index in [2.05, 4.69) is 0 Å². The van der Waals surface area contributed by atoms with Crippen molar-refractivity contribution < 1.29 is 8.42 Å². The first-order chi connectivity index (χ1) is 7.46. The Morgan fingerprint density at radius 2 is 2.06 bits per heavy atom. The highest BCUT2D eigenvalue weighted by Gasteiger charge is 2.12. The largest absolute Gasteiger partial charge is 0.232 e. The molecule has 0 unspecified atom stereocenters. The number of allylic oxidation sites excluding steroid dienone is 1. The minimum atomic E-state index is -3.44. The van der Waals surface area contributed by atoms with E-state index in [-0.39, 0.29) is 5.75 Å². The second-order valence-corrected chi connectivity index (χ2v) is 7.05. The summed E-state index contributed by atoms with van der Waals surface area (Å²) in [5.41, 5.74) is 3.09. The molecule has 1 aromatic rings. The molecule has 0 atom stereocenters. The van der Waals surface area contributed by atoms with Gasteiger partial charge in [0, 0.05) is 15.7 Å². The van der Waals surface area contributed by atoms with E-state index in [0.29, 0.717) is 11.4 Å². The van der Waals surface area contributed by atoms with E-state index in [1.165, 1.54) is 0 Å². The van der Waals surface area contributed by atoms with Gasteiger partial charge in [0.05, 0.1) is 5.75 Å². The summed E-state index contributed by atoms with van der Waals surface area (Å²) in [5, 5.41) is 0.699. The number of benzene rings is 1. The molecule has 0 bridgehead atoms. The summed E-state index contributed by atoms with van der Waals surface area (Å²) in [6, 6.07) is 3.78. The highest BCUT2D eigenvalue weighted by molar-refractivity contribution is 8.13. The van der Waals surface area contributed by atoms with Crippen LogP contribution in [0.3, 0.4) is 0 Å². The number of rotatable bonds is 3. The van der Waals surface area contributed by atoms with Crippen LogP contribution in [-0.4, -0.2) is 14.2 Å². The van der Waals surface area contributed by atoms with Crippen molar-refractivity contribution in [3.05, 3.63) is 39.9 Å². The Morgan fingerprint density at radius 3 is 2.75 bits per heavy atom. The molecule has 0 spiro atoms. The lowest BCUT2D eigenvalue weighted by Crippen LogP contribution is -2.01. The van der Waals surface area contributed by atoms with Crippen molar-refractivity contribution in [2.24, 2.45) is 0 Å². The second-order valence-electron chi connectivity index (χ2n) is 3.74. The average Bonchev–Trinajstić information content (AvgIpc) is 2.62. The van der Waals surface area contributed by atoms with E-state index in [1.54, 1.807) is 0 Å². The fourth-order valence-electron chi connectivity index (χ4n) is 1.77. The van der Waals surface area contributed by atoms with Gasteiger partial charge < -0.3 is 0 Å². The molecule has 0 heterocycles. The van der Waals surface area contributed by atoms with E-state index in [4.69, 9.17) is 22.3 Å². The van der Waals surface area contributed by atoms with Gasteiger partial charge >= 0.3 is 0 Å². The minimum absolute atomic E-state index is 0.0621. The Balaban J connectivity index is 2.23. The summed E-state index contributed by atoms with van der Waals surface area (Å²) in [5.74, 6) is -0.0621. The van der Waals surface area contributed by atoms with Crippen molar-refractivity contribution in [1.29, 1.82) is 0 Å². The molecule has 2 nitrogen and oxygen atoms in total. The predicted octanol–water partition coefficient (Wildman–Crippen LogP) is 3.02. The van der Waals surface area contributed by atoms with E-state index >= 15 is 0 Å². The lowest BCUT2D eigenvalue weighted by Gasteiger charge is -2.06. The highest BCUT2D eigenvalue weighted by atomic mass is 35.7. The Morgan fingerprint density at radius 1 is 1.31 bits per heavy atom. The first kappa shape index (κ1) is 12.0. The predicted molar refractivity (Wildman–Crippen MR) is 67.5 cm³/mol. The van der Waals surface area contributed by atoms with Crippen molar-refractivity contribution in [1.82, 2.24) is 0 Å². The molecular weight excluding hydrogens is 267 g/mol. The van der Waals surface area contributed by atoms with Gasteiger partial charge in [0.2, 0.25) is 9.05 Å². The molecule has 0 fully saturated rings. The van der Waals surface area contributed by atoms with Gasteiger partial charge in [0.15, 0.2) is 0 Å². The molecule has 1 aliphatic rings. The Bertz CT molecular complexity index is 547. The smallest absolute Gasteiger partial charge is 0.212 e. The zero-order chi connectivity index (χ0) is 11.8. The maximum Gasteiger partial charge on any atom is 0.232 e. The monoisotopic (exact) mass is 276 g/mol. The maximum absolute atomic E-state index is 10.8. The molecule has 1 aromatic carbocycles. The van der Waals surface area contributed by atoms with Crippen molar-refractivity contribution in [2.75, 3.05) is 5.75 Å². The van der Waals surface area contributed by atoms with Gasteiger partial charge in [-0.15, -0.1) is 0 Å². The van der Waals surface area contributed by atoms with Gasteiger partial charge in [-0.05, 0) is 35.6 Å². The molecule has 5 heteroatoms. The number of hydrogen-bond acceptors (Lipinski definition) is 2. The number of aryl methyl sites for hydroxylation is 1. The van der Waals surface area contributed by atoms with Gasteiger partial charge in [-0.2, -0.15) is 0 Å². The third kappa shape index (κ3) is 2.78. The molecular formula is C11H10Cl2O2S. The van der Waals surface area contributed by atoms with Crippen molar-refractivity contribution in [3.8, 4) is 0 Å². The summed E-state index contributed by atoms with van der Waals surface area (Å²) >= 11 is 6.10. The average molecular weight is 277 g/mol. The van der Waals surface area contributed by atoms with Crippen LogP contribution in [0, 0.1) is 0 Å². The molecule has 0 saturated heterocycles. The van der Waals surface area contributed by atoms with Gasteiger partial charge in [0.25, 0.3) is 0 Å². The third-order valence-electron chi connectivity index (χ3n) is 2.54. The van der Waals surface area contributed by atoms with Crippen LogP contribution < -0.4 is 0 Å². The van der Waals surface area contributed by atoms with Crippen LogP contribution in [0.2, 0.25) is 5.02 Å². The molecule has 1 aliphatic carbocycles. The SMILES string of the molecule is O=S(=O)(Cl)CCc1cc(Cl)c2c(c1)C=CC2. The van der Waals surface area contributed by atoms with Crippen molar-refractivity contribution in [2.45, 2.75) is 12.8 Å². The van der Waals surface area contributed by atoms with E-state index in [1.807, 2.05) is 24.3 Å². The van der Waals surface area contributed by atoms with Crippen LogP contribution >= 0.6 is 22.3 Å². The number of hydrogen-bond donors (Lipinski definition) is 0. The number of halogens is 2. The van der Waals surface area contributed by atoms with Gasteiger partial charge in [-0.25, -0.2) is 8.42 Å². The highest BCUT2D eigenvalue weighted by Crippen LogP contribution is 2.29. The van der Waals surface area contributed by atoms with Crippen LogP contribution in [-0.2, 0) is 21.9 Å². The molecule has 0 aliphatic heterocycles. The molecule has 0 radical (unpaired) electrons. The van der Waals surface area contributed by atoms with Crippen LogP contribution in [0.1, 0.15) is 16.7 Å². The van der Waals surface area contributed by atoms with Crippen molar-refractivity contribution in [3.63, 3.8) is 0 Å². The first-order valence-electron chi connectivity index (χ1n) is 4.86. The quantitative estimate of drug-likeness (QED) is 0.796. The van der Waals surface area contributed by atoms with E-state index in [9.17, 15) is 8.42 Å². The van der Waals surface area contributed by atoms with Gasteiger partial charge in [-0.1, -0.05) is 29.8 Å². The topological polar surface area (TPSA) is 34.1 Å². The summed E-state index contributed by atoms with van der Waals surface area (Å²) < 4.78 is 21.7. The first-order valence-corrected chi connectivity index (χ1v) is 7.71. The molecule has 86 valence electrons. The lowest BCUT2D eigenvalue weighted by molar-refractivity contribution is 0.609. The Hall–Kier alpha value is -0.510. The van der Waals surface area contributed by atoms with Crippen LogP contribution in [0.4, 0.5) is 0 Å². The standard InChI is InChI=1S/C11H10Cl2O2S/c12-11-7-8(4-5-16(13,14)15)6-9-2-1-3-10(9)11/h1-2,6-7H,3-5H2. The van der Waals surface area contributed by atoms with E-state index < -0.39 is 9.05 Å². The Kier molecular flexibility index (Phi) is 3.29. The second kappa shape index (κ2) is 4.40. The summed E-state index contributed by atoms with van der Waals surface area (Å²) in [6.45, 7) is 0. The molecule has 0 amide bonds. The minimum Gasteiger partial charge on any atom is -0.212 e. The zero-order valence-electron chi connectivity index (χ0n) is 8.41. The molecule has 16 heavy (non-hydrogen) atoms. The van der Waals surface area contributed by atoms with Gasteiger partial charge in [-0.3, -0.25) is 0 Å². The molecule has 0 N–H and O–H groups in total. The van der Waals surface area contributed by atoms with E-state index in [0.717, 1.165) is 23.1 Å². The normalized spacial score (nSPS) is 14.1. The molecule has 0 aromatic heterocycles. The fourth-order valence-corrected chi connectivity index (χ4v) is 2.81. The summed E-state index contributed by atoms with van der Waals surface area (Å²) in [7, 11) is 1.73. The molecule has 2 rings (SSSR count). The maximum atomic E-state index is 10.8. The molecule has 0 saturated carbocycles. The summed E-state index contributed by atoms with van der Waals surface area (Å²) in [6.07, 6.45) is 5.29. The zero-order valence-corrected chi connectivity index (χ0v) is 10.7. The van der Waals surface area contributed by atoms with Crippen molar-refractivity contribution >= 4 is 37.4 Å². The van der Waals surface area contributed by atoms with Crippen LogP contribution in [0.5, 0.6) is 0 Å². The number of fused-ring (bicyclic) bond motifs is 1. The third-order valence-corrected chi connectivity index (χ3v) is 4.04. The Labute approximate surface area is 104 Å². The fraction of sp³-hybridized carbons (Fsp3) is 0.273. The van der Waals surface area contributed by atoms with Crippen LogP contribution in [0.25, 0.3) is 6.08 Å².